The molecule has 1 unspecified atom stereocenters. The summed E-state index contributed by atoms with van der Waals surface area (Å²) in [6.45, 7) is 1.78. The van der Waals surface area contributed by atoms with Gasteiger partial charge in [-0.1, -0.05) is 6.07 Å². The van der Waals surface area contributed by atoms with Gasteiger partial charge in [-0.2, -0.15) is 13.2 Å². The smallest absolute Gasteiger partial charge is 0.383 e. The van der Waals surface area contributed by atoms with E-state index in [1.54, 1.807) is 12.1 Å². The first-order valence-corrected chi connectivity index (χ1v) is 11.0. The van der Waals surface area contributed by atoms with Crippen LogP contribution in [-0.4, -0.2) is 73.4 Å². The van der Waals surface area contributed by atoms with E-state index in [2.05, 4.69) is 5.32 Å². The highest BCUT2D eigenvalue weighted by Crippen LogP contribution is 2.29. The number of benzene rings is 2. The van der Waals surface area contributed by atoms with Gasteiger partial charge in [-0.05, 0) is 54.7 Å². The average Bonchev–Trinajstić information content (AvgIpc) is 2.82. The summed E-state index contributed by atoms with van der Waals surface area (Å²) in [4.78, 5) is 16.3. The molecule has 0 saturated carbocycles. The van der Waals surface area contributed by atoms with Crippen LogP contribution in [0, 0.1) is 5.82 Å². The summed E-state index contributed by atoms with van der Waals surface area (Å²) in [6.07, 6.45) is -4.97. The highest BCUT2D eigenvalue weighted by atomic mass is 32.1. The Bertz CT molecular complexity index is 988. The zero-order valence-electron chi connectivity index (χ0n) is 18.5. The van der Waals surface area contributed by atoms with Crippen LogP contribution in [0.1, 0.15) is 15.9 Å². The first kappa shape index (κ1) is 25.9. The minimum absolute atomic E-state index is 0.0629. The van der Waals surface area contributed by atoms with E-state index in [1.807, 2.05) is 4.90 Å². The van der Waals surface area contributed by atoms with Gasteiger partial charge in [0.15, 0.2) is 5.11 Å². The standard InChI is InChI=1S/C23H25F4N3O3S/c1-32-11-9-29(21(31)16-3-2-4-17(13-16)23(25,26)27)14-20-15-30(10-12-33-20)22(34)28-19-7-5-18(24)6-8-19/h2-8,13,20H,9-12,14-15H2,1H3,(H,28,34). The number of hydrogen-bond donors (Lipinski definition) is 1. The Morgan fingerprint density at radius 2 is 2.00 bits per heavy atom. The molecule has 1 atom stereocenters. The van der Waals surface area contributed by atoms with Crippen molar-refractivity contribution in [3.05, 3.63) is 65.5 Å². The van der Waals surface area contributed by atoms with E-state index in [9.17, 15) is 22.4 Å². The number of thiocarbonyl (C=S) groups is 1. The summed E-state index contributed by atoms with van der Waals surface area (Å²) >= 11 is 5.46. The number of morpholine rings is 1. The van der Waals surface area contributed by atoms with Crippen LogP contribution in [0.2, 0.25) is 0 Å². The number of carbonyl (C=O) groups excluding carboxylic acids is 1. The van der Waals surface area contributed by atoms with Crippen LogP contribution in [0.4, 0.5) is 23.2 Å². The average molecular weight is 500 g/mol. The van der Waals surface area contributed by atoms with Gasteiger partial charge in [-0.25, -0.2) is 4.39 Å². The predicted molar refractivity (Wildman–Crippen MR) is 123 cm³/mol. The molecule has 1 heterocycles. The Balaban J connectivity index is 1.67. The number of carbonyl (C=O) groups is 1. The van der Waals surface area contributed by atoms with Gasteiger partial charge >= 0.3 is 6.18 Å². The van der Waals surface area contributed by atoms with E-state index in [0.717, 1.165) is 12.1 Å². The maximum absolute atomic E-state index is 13.1. The number of anilines is 1. The van der Waals surface area contributed by atoms with Crippen molar-refractivity contribution in [3.8, 4) is 0 Å². The number of methoxy groups -OCH3 is 1. The zero-order chi connectivity index (χ0) is 24.7. The fourth-order valence-electron chi connectivity index (χ4n) is 3.48. The third-order valence-electron chi connectivity index (χ3n) is 5.23. The summed E-state index contributed by atoms with van der Waals surface area (Å²) in [5, 5.41) is 3.47. The SMILES string of the molecule is COCCN(CC1CN(C(=S)Nc2ccc(F)cc2)CCO1)C(=O)c1cccc(C(F)(F)F)c1. The molecular formula is C23H25F4N3O3S. The van der Waals surface area contributed by atoms with Gasteiger partial charge < -0.3 is 24.6 Å². The second-order valence-corrected chi connectivity index (χ2v) is 8.09. The van der Waals surface area contributed by atoms with Crippen LogP contribution in [-0.2, 0) is 15.7 Å². The topological polar surface area (TPSA) is 54.0 Å². The van der Waals surface area contributed by atoms with Crippen molar-refractivity contribution in [2.75, 3.05) is 51.8 Å². The van der Waals surface area contributed by atoms with Crippen molar-refractivity contribution in [1.82, 2.24) is 9.80 Å². The molecule has 2 aromatic carbocycles. The van der Waals surface area contributed by atoms with Gasteiger partial charge in [0, 0.05) is 44.5 Å². The van der Waals surface area contributed by atoms with E-state index < -0.39 is 23.8 Å². The molecule has 184 valence electrons. The van der Waals surface area contributed by atoms with E-state index in [4.69, 9.17) is 21.7 Å². The number of amides is 1. The Morgan fingerprint density at radius 3 is 2.68 bits per heavy atom. The fourth-order valence-corrected chi connectivity index (χ4v) is 3.77. The lowest BCUT2D eigenvalue weighted by atomic mass is 10.1. The number of hydrogen-bond acceptors (Lipinski definition) is 4. The minimum atomic E-state index is -4.55. The summed E-state index contributed by atoms with van der Waals surface area (Å²) in [7, 11) is 1.48. The molecular weight excluding hydrogens is 474 g/mol. The summed E-state index contributed by atoms with van der Waals surface area (Å²) in [5.41, 5.74) is -0.315. The Morgan fingerprint density at radius 1 is 1.26 bits per heavy atom. The molecule has 1 saturated heterocycles. The van der Waals surface area contributed by atoms with Crippen LogP contribution in [0.15, 0.2) is 48.5 Å². The zero-order valence-corrected chi connectivity index (χ0v) is 19.3. The van der Waals surface area contributed by atoms with Crippen LogP contribution in [0.3, 0.4) is 0 Å². The van der Waals surface area contributed by atoms with Crippen LogP contribution >= 0.6 is 12.2 Å². The molecule has 1 aliphatic rings. The highest BCUT2D eigenvalue weighted by Gasteiger charge is 2.32. The highest BCUT2D eigenvalue weighted by molar-refractivity contribution is 7.80. The lowest BCUT2D eigenvalue weighted by molar-refractivity contribution is -0.137. The minimum Gasteiger partial charge on any atom is -0.383 e. The first-order chi connectivity index (χ1) is 16.2. The molecule has 3 rings (SSSR count). The van der Waals surface area contributed by atoms with Crippen LogP contribution < -0.4 is 5.32 Å². The molecule has 0 radical (unpaired) electrons. The Hall–Kier alpha value is -2.76. The summed E-state index contributed by atoms with van der Waals surface area (Å²) < 4.78 is 63.3. The molecule has 1 amide bonds. The molecule has 1 N–H and O–H groups in total. The number of nitrogens with zero attached hydrogens (tertiary/aromatic N) is 2. The van der Waals surface area contributed by atoms with Crippen molar-refractivity contribution < 1.29 is 31.8 Å². The third-order valence-corrected chi connectivity index (χ3v) is 5.60. The molecule has 6 nitrogen and oxygen atoms in total. The molecule has 0 aromatic heterocycles. The number of ether oxygens (including phenoxy) is 2. The van der Waals surface area contributed by atoms with E-state index in [1.165, 1.54) is 36.3 Å². The number of halogens is 4. The first-order valence-electron chi connectivity index (χ1n) is 10.6. The molecule has 1 fully saturated rings. The molecule has 0 aliphatic carbocycles. The van der Waals surface area contributed by atoms with E-state index in [0.29, 0.717) is 30.5 Å². The van der Waals surface area contributed by atoms with Gasteiger partial charge in [0.1, 0.15) is 5.82 Å². The number of nitrogens with one attached hydrogen (secondary N) is 1. The Kier molecular flexibility index (Phi) is 8.81. The normalized spacial score (nSPS) is 16.3. The monoisotopic (exact) mass is 499 g/mol. The van der Waals surface area contributed by atoms with Crippen molar-refractivity contribution in [1.29, 1.82) is 0 Å². The third kappa shape index (κ3) is 7.12. The van der Waals surface area contributed by atoms with Crippen LogP contribution in [0.25, 0.3) is 0 Å². The maximum atomic E-state index is 13.1. The van der Waals surface area contributed by atoms with Gasteiger partial charge in [-0.15, -0.1) is 0 Å². The molecule has 1 aliphatic heterocycles. The fraction of sp³-hybridized carbons (Fsp3) is 0.391. The van der Waals surface area contributed by atoms with Crippen LogP contribution in [0.5, 0.6) is 0 Å². The second kappa shape index (κ2) is 11.6. The van der Waals surface area contributed by atoms with Crippen molar-refractivity contribution >= 4 is 28.9 Å². The van der Waals surface area contributed by atoms with Gasteiger partial charge in [0.25, 0.3) is 5.91 Å². The predicted octanol–water partition coefficient (Wildman–Crippen LogP) is 4.03. The van der Waals surface area contributed by atoms with Crippen molar-refractivity contribution in [2.24, 2.45) is 0 Å². The second-order valence-electron chi connectivity index (χ2n) is 7.70. The van der Waals surface area contributed by atoms with Crippen molar-refractivity contribution in [2.45, 2.75) is 12.3 Å². The molecule has 2 aromatic rings. The molecule has 0 bridgehead atoms. The van der Waals surface area contributed by atoms with E-state index in [-0.39, 0.29) is 31.1 Å². The number of alkyl halides is 3. The molecule has 34 heavy (non-hydrogen) atoms. The largest absolute Gasteiger partial charge is 0.416 e. The number of rotatable bonds is 7. The van der Waals surface area contributed by atoms with Gasteiger partial charge in [0.05, 0.1) is 24.9 Å². The van der Waals surface area contributed by atoms with E-state index >= 15 is 0 Å². The lowest BCUT2D eigenvalue weighted by Crippen LogP contribution is -2.52. The molecule has 0 spiro atoms. The molecule has 11 heteroatoms. The quantitative estimate of drug-likeness (QED) is 0.459. The Labute approximate surface area is 200 Å². The van der Waals surface area contributed by atoms with Gasteiger partial charge in [-0.3, -0.25) is 4.79 Å². The van der Waals surface area contributed by atoms with Crippen molar-refractivity contribution in [3.63, 3.8) is 0 Å². The maximum Gasteiger partial charge on any atom is 0.416 e. The summed E-state index contributed by atoms with van der Waals surface area (Å²) in [6, 6.07) is 10.1. The lowest BCUT2D eigenvalue weighted by Gasteiger charge is -2.37. The van der Waals surface area contributed by atoms with Gasteiger partial charge in [0.2, 0.25) is 0 Å². The summed E-state index contributed by atoms with van der Waals surface area (Å²) in [5.74, 6) is -0.902.